The molecule has 31 heavy (non-hydrogen) atoms. The molecule has 0 spiro atoms. The van der Waals surface area contributed by atoms with Gasteiger partial charge in [-0.2, -0.15) is 0 Å². The van der Waals surface area contributed by atoms with Crippen LogP contribution >= 0.6 is 27.7 Å². The van der Waals surface area contributed by atoms with E-state index >= 15 is 0 Å². The summed E-state index contributed by atoms with van der Waals surface area (Å²) < 4.78 is 2.74. The van der Waals surface area contributed by atoms with Gasteiger partial charge in [0.15, 0.2) is 10.9 Å². The van der Waals surface area contributed by atoms with E-state index in [0.717, 1.165) is 53.2 Å². The van der Waals surface area contributed by atoms with Crippen molar-refractivity contribution >= 4 is 33.6 Å². The molecule has 1 amide bonds. The number of aromatic nitrogens is 5. The topological polar surface area (TPSA) is 76.8 Å². The van der Waals surface area contributed by atoms with Crippen LogP contribution in [0.2, 0.25) is 0 Å². The molecule has 3 aromatic rings. The molecule has 1 fully saturated rings. The molecule has 162 valence electrons. The first-order valence-electron chi connectivity index (χ1n) is 10.5. The first kappa shape index (κ1) is 22.0. The highest BCUT2D eigenvalue weighted by Gasteiger charge is 2.26. The maximum absolute atomic E-state index is 13.4. The maximum atomic E-state index is 13.4. The highest BCUT2D eigenvalue weighted by atomic mass is 79.9. The Labute approximate surface area is 194 Å². The van der Waals surface area contributed by atoms with Crippen molar-refractivity contribution in [3.63, 3.8) is 0 Å². The Bertz CT molecular complexity index is 1040. The zero-order valence-electron chi connectivity index (χ0n) is 17.7. The summed E-state index contributed by atoms with van der Waals surface area (Å²) in [6.07, 6.45) is 4.41. The van der Waals surface area contributed by atoms with Gasteiger partial charge in [0.25, 0.3) is 5.91 Å². The number of benzene rings is 1. The number of carbonyl (C=O) groups excluding carboxylic acids is 1. The number of carbonyl (C=O) groups is 1. The van der Waals surface area contributed by atoms with Gasteiger partial charge in [0, 0.05) is 34.7 Å². The van der Waals surface area contributed by atoms with Crippen LogP contribution in [0.4, 0.5) is 0 Å². The number of aryl methyl sites for hydroxylation is 2. The summed E-state index contributed by atoms with van der Waals surface area (Å²) in [5, 5.41) is 9.37. The average Bonchev–Trinajstić information content (AvgIpc) is 2.97. The highest BCUT2D eigenvalue weighted by Crippen LogP contribution is 2.25. The molecule has 7 nitrogen and oxygen atoms in total. The summed E-state index contributed by atoms with van der Waals surface area (Å²) in [7, 11) is 0. The Morgan fingerprint density at radius 3 is 2.32 bits per heavy atom. The van der Waals surface area contributed by atoms with Crippen LogP contribution < -0.4 is 0 Å². The molecule has 0 aliphatic carbocycles. The van der Waals surface area contributed by atoms with Gasteiger partial charge >= 0.3 is 0 Å². The lowest BCUT2D eigenvalue weighted by atomic mass is 10.2. The van der Waals surface area contributed by atoms with Gasteiger partial charge in [-0.05, 0) is 57.0 Å². The SMILES string of the molecule is Cc1cc(C)nc(SCc2c(C(=O)N3CCCCCC3)nnn2-c2ccc(Br)cc2)n1. The molecule has 2 aromatic heterocycles. The van der Waals surface area contributed by atoms with E-state index in [0.29, 0.717) is 16.6 Å². The van der Waals surface area contributed by atoms with Gasteiger partial charge in [-0.1, -0.05) is 45.7 Å². The maximum Gasteiger partial charge on any atom is 0.276 e. The molecule has 1 aliphatic rings. The van der Waals surface area contributed by atoms with Gasteiger partial charge in [0.1, 0.15) is 0 Å². The van der Waals surface area contributed by atoms with Crippen molar-refractivity contribution in [3.8, 4) is 5.69 Å². The molecule has 0 atom stereocenters. The third-order valence-corrected chi connectivity index (χ3v) is 6.62. The van der Waals surface area contributed by atoms with Crippen LogP contribution in [0.5, 0.6) is 0 Å². The van der Waals surface area contributed by atoms with E-state index in [4.69, 9.17) is 0 Å². The van der Waals surface area contributed by atoms with E-state index in [1.807, 2.05) is 49.1 Å². The monoisotopic (exact) mass is 500 g/mol. The predicted molar refractivity (Wildman–Crippen MR) is 124 cm³/mol. The molecule has 0 bridgehead atoms. The summed E-state index contributed by atoms with van der Waals surface area (Å²) in [6, 6.07) is 9.78. The molecule has 1 saturated heterocycles. The van der Waals surface area contributed by atoms with E-state index in [-0.39, 0.29) is 5.91 Å². The van der Waals surface area contributed by atoms with Crippen molar-refractivity contribution in [2.45, 2.75) is 50.4 Å². The molecule has 1 aliphatic heterocycles. The second-order valence-corrected chi connectivity index (χ2v) is 9.56. The molecule has 3 heterocycles. The van der Waals surface area contributed by atoms with E-state index in [1.54, 1.807) is 4.68 Å². The molecule has 9 heteroatoms. The third kappa shape index (κ3) is 5.33. The number of likely N-dealkylation sites (tertiary alicyclic amines) is 1. The number of hydrogen-bond acceptors (Lipinski definition) is 6. The summed E-state index contributed by atoms with van der Waals surface area (Å²) in [5.41, 5.74) is 3.90. The van der Waals surface area contributed by atoms with Crippen molar-refractivity contribution < 1.29 is 4.79 Å². The van der Waals surface area contributed by atoms with Crippen LogP contribution in [0, 0.1) is 13.8 Å². The van der Waals surface area contributed by atoms with E-state index in [1.165, 1.54) is 24.6 Å². The number of nitrogens with zero attached hydrogens (tertiary/aromatic N) is 6. The highest BCUT2D eigenvalue weighted by molar-refractivity contribution is 9.10. The Morgan fingerprint density at radius 2 is 1.68 bits per heavy atom. The molecule has 0 N–H and O–H groups in total. The number of hydrogen-bond donors (Lipinski definition) is 0. The number of amides is 1. The van der Waals surface area contributed by atoms with E-state index in [2.05, 4.69) is 36.2 Å². The minimum Gasteiger partial charge on any atom is -0.337 e. The van der Waals surface area contributed by atoms with Crippen LogP contribution in [0.1, 0.15) is 53.3 Å². The zero-order chi connectivity index (χ0) is 21.8. The van der Waals surface area contributed by atoms with Crippen LogP contribution in [0.15, 0.2) is 40.0 Å². The lowest BCUT2D eigenvalue weighted by molar-refractivity contribution is 0.0755. The Kier molecular flexibility index (Phi) is 7.02. The summed E-state index contributed by atoms with van der Waals surface area (Å²) >= 11 is 4.97. The van der Waals surface area contributed by atoms with Crippen molar-refractivity contribution in [3.05, 3.63) is 57.6 Å². The van der Waals surface area contributed by atoms with Crippen molar-refractivity contribution in [1.82, 2.24) is 29.9 Å². The second kappa shape index (κ2) is 9.91. The Morgan fingerprint density at radius 1 is 1.03 bits per heavy atom. The van der Waals surface area contributed by atoms with Crippen LogP contribution in [0.25, 0.3) is 5.69 Å². The number of halogens is 1. The Hall–Kier alpha value is -2.26. The third-order valence-electron chi connectivity index (χ3n) is 5.23. The van der Waals surface area contributed by atoms with Gasteiger partial charge in [-0.25, -0.2) is 14.6 Å². The van der Waals surface area contributed by atoms with E-state index in [9.17, 15) is 4.79 Å². The van der Waals surface area contributed by atoms with Gasteiger partial charge in [-0.3, -0.25) is 4.79 Å². The molecule has 0 unspecified atom stereocenters. The van der Waals surface area contributed by atoms with Crippen LogP contribution in [-0.4, -0.2) is 48.9 Å². The van der Waals surface area contributed by atoms with Gasteiger partial charge in [0.05, 0.1) is 11.4 Å². The summed E-state index contributed by atoms with van der Waals surface area (Å²) in [4.78, 5) is 24.3. The molecular formula is C22H25BrN6OS. The first-order chi connectivity index (χ1) is 15.0. The number of thioether (sulfide) groups is 1. The first-order valence-corrected chi connectivity index (χ1v) is 12.2. The van der Waals surface area contributed by atoms with Gasteiger partial charge in [0.2, 0.25) is 0 Å². The average molecular weight is 501 g/mol. The second-order valence-electron chi connectivity index (χ2n) is 7.70. The molecular weight excluding hydrogens is 476 g/mol. The van der Waals surface area contributed by atoms with Crippen molar-refractivity contribution in [1.29, 1.82) is 0 Å². The van der Waals surface area contributed by atoms with Crippen LogP contribution in [-0.2, 0) is 5.75 Å². The fraction of sp³-hybridized carbons (Fsp3) is 0.409. The van der Waals surface area contributed by atoms with Crippen LogP contribution in [0.3, 0.4) is 0 Å². The molecule has 1 aromatic carbocycles. The van der Waals surface area contributed by atoms with Gasteiger partial charge in [-0.15, -0.1) is 5.10 Å². The van der Waals surface area contributed by atoms with Crippen molar-refractivity contribution in [2.75, 3.05) is 13.1 Å². The lowest BCUT2D eigenvalue weighted by Crippen LogP contribution is -2.32. The molecule has 4 rings (SSSR count). The quantitative estimate of drug-likeness (QED) is 0.371. The van der Waals surface area contributed by atoms with Gasteiger partial charge < -0.3 is 4.90 Å². The standard InChI is InChI=1S/C22H25BrN6OS/c1-15-13-16(2)25-22(24-15)31-14-19-20(21(30)28-11-5-3-4-6-12-28)26-27-29(19)18-9-7-17(23)8-10-18/h7-10,13H,3-6,11-12,14H2,1-2H3. The zero-order valence-corrected chi connectivity index (χ0v) is 20.1. The largest absolute Gasteiger partial charge is 0.337 e. The lowest BCUT2D eigenvalue weighted by Gasteiger charge is -2.19. The molecule has 0 radical (unpaired) electrons. The minimum absolute atomic E-state index is 0.0396. The fourth-order valence-corrected chi connectivity index (χ4v) is 4.91. The normalized spacial score (nSPS) is 14.5. The predicted octanol–water partition coefficient (Wildman–Crippen LogP) is 4.75. The summed E-state index contributed by atoms with van der Waals surface area (Å²) in [6.45, 7) is 5.47. The molecule has 0 saturated carbocycles. The van der Waals surface area contributed by atoms with E-state index < -0.39 is 0 Å². The smallest absolute Gasteiger partial charge is 0.276 e. The Balaban J connectivity index is 1.67. The summed E-state index contributed by atoms with van der Waals surface area (Å²) in [5.74, 6) is 0.461. The minimum atomic E-state index is -0.0396. The number of rotatable bonds is 5. The van der Waals surface area contributed by atoms with Crippen molar-refractivity contribution in [2.24, 2.45) is 0 Å². The fourth-order valence-electron chi connectivity index (χ4n) is 3.70.